The molecule has 1 heterocycles. The average Bonchev–Trinajstić information content (AvgIpc) is 2.49. The quantitative estimate of drug-likeness (QED) is 0.829. The topological polar surface area (TPSA) is 68.0 Å². The molecule has 0 aliphatic carbocycles. The molecule has 4 nitrogen and oxygen atoms in total. The first kappa shape index (κ1) is 14.6. The molecule has 3 N–H and O–H groups in total. The zero-order valence-electron chi connectivity index (χ0n) is 10.9. The van der Waals surface area contributed by atoms with Gasteiger partial charge in [-0.2, -0.15) is 0 Å². The van der Waals surface area contributed by atoms with Crippen molar-refractivity contribution >= 4 is 11.6 Å². The highest BCUT2D eigenvalue weighted by atomic mass is 19.1. The van der Waals surface area contributed by atoms with Gasteiger partial charge in [-0.05, 0) is 24.3 Å². The Morgan fingerprint density at radius 2 is 1.95 bits per heavy atom. The van der Waals surface area contributed by atoms with E-state index in [1.54, 1.807) is 6.07 Å². The lowest BCUT2D eigenvalue weighted by Gasteiger charge is -2.06. The highest BCUT2D eigenvalue weighted by molar-refractivity contribution is 6.03. The van der Waals surface area contributed by atoms with Crippen molar-refractivity contribution in [2.45, 2.75) is 0 Å². The number of anilines is 1. The van der Waals surface area contributed by atoms with Crippen LogP contribution in [-0.2, 0) is 0 Å². The molecule has 2 aromatic rings. The number of benzene rings is 1. The van der Waals surface area contributed by atoms with E-state index < -0.39 is 23.2 Å². The first-order valence-electron chi connectivity index (χ1n) is 6.02. The van der Waals surface area contributed by atoms with Crippen LogP contribution in [-0.4, -0.2) is 17.4 Å². The third-order valence-electron chi connectivity index (χ3n) is 2.53. The molecule has 6 heteroatoms. The van der Waals surface area contributed by atoms with E-state index in [4.69, 9.17) is 5.73 Å². The number of nitrogens with zero attached hydrogens (tertiary/aromatic N) is 1. The van der Waals surface area contributed by atoms with Crippen LogP contribution in [0.4, 0.5) is 14.5 Å². The maximum atomic E-state index is 13.4. The van der Waals surface area contributed by atoms with Crippen molar-refractivity contribution < 1.29 is 13.6 Å². The largest absolute Gasteiger partial charge is 0.320 e. The summed E-state index contributed by atoms with van der Waals surface area (Å²) in [4.78, 5) is 15.8. The van der Waals surface area contributed by atoms with Gasteiger partial charge in [-0.3, -0.25) is 4.79 Å². The zero-order valence-corrected chi connectivity index (χ0v) is 10.9. The Morgan fingerprint density at radius 3 is 2.52 bits per heavy atom. The summed E-state index contributed by atoms with van der Waals surface area (Å²) in [6, 6.07) is 6.30. The van der Waals surface area contributed by atoms with Gasteiger partial charge in [0, 0.05) is 11.8 Å². The van der Waals surface area contributed by atoms with Crippen LogP contribution in [0.2, 0.25) is 0 Å². The van der Waals surface area contributed by atoms with Crippen LogP contribution >= 0.6 is 0 Å². The number of amides is 1. The van der Waals surface area contributed by atoms with Crippen LogP contribution in [0.5, 0.6) is 0 Å². The second-order valence-corrected chi connectivity index (χ2v) is 3.99. The SMILES string of the molecule is NCC#Cc1ccc(C(=O)Nc2c(F)cccc2F)nc1. The van der Waals surface area contributed by atoms with E-state index in [9.17, 15) is 13.6 Å². The minimum absolute atomic E-state index is 0.0240. The van der Waals surface area contributed by atoms with E-state index >= 15 is 0 Å². The van der Waals surface area contributed by atoms with E-state index in [1.807, 2.05) is 0 Å². The van der Waals surface area contributed by atoms with Crippen molar-refractivity contribution in [3.8, 4) is 11.8 Å². The van der Waals surface area contributed by atoms with Crippen molar-refractivity contribution in [1.29, 1.82) is 0 Å². The third kappa shape index (κ3) is 3.61. The summed E-state index contributed by atoms with van der Waals surface area (Å²) in [5.74, 6) is 2.98. The van der Waals surface area contributed by atoms with Crippen LogP contribution < -0.4 is 11.1 Å². The summed E-state index contributed by atoms with van der Waals surface area (Å²) >= 11 is 0. The summed E-state index contributed by atoms with van der Waals surface area (Å²) < 4.78 is 26.8. The number of nitrogens with two attached hydrogens (primary N) is 1. The Labute approximate surface area is 120 Å². The predicted octanol–water partition coefficient (Wildman–Crippen LogP) is 1.92. The van der Waals surface area contributed by atoms with Gasteiger partial charge in [-0.25, -0.2) is 13.8 Å². The summed E-state index contributed by atoms with van der Waals surface area (Å²) in [5.41, 5.74) is 5.35. The number of carbonyl (C=O) groups is 1. The Morgan fingerprint density at radius 1 is 1.24 bits per heavy atom. The number of hydrogen-bond donors (Lipinski definition) is 2. The van der Waals surface area contributed by atoms with Crippen LogP contribution in [0.15, 0.2) is 36.5 Å². The molecule has 0 saturated carbocycles. The van der Waals surface area contributed by atoms with Crippen LogP contribution in [0.1, 0.15) is 16.1 Å². The van der Waals surface area contributed by atoms with Gasteiger partial charge < -0.3 is 11.1 Å². The van der Waals surface area contributed by atoms with Gasteiger partial charge in [0.15, 0.2) is 0 Å². The van der Waals surface area contributed by atoms with Crippen molar-refractivity contribution in [1.82, 2.24) is 4.98 Å². The fraction of sp³-hybridized carbons (Fsp3) is 0.0667. The normalized spacial score (nSPS) is 9.67. The molecule has 1 aromatic carbocycles. The lowest BCUT2D eigenvalue weighted by molar-refractivity contribution is 0.102. The molecule has 21 heavy (non-hydrogen) atoms. The minimum atomic E-state index is -0.853. The van der Waals surface area contributed by atoms with Gasteiger partial charge in [0.1, 0.15) is 23.0 Å². The smallest absolute Gasteiger partial charge is 0.274 e. The van der Waals surface area contributed by atoms with Gasteiger partial charge in [0.25, 0.3) is 5.91 Å². The van der Waals surface area contributed by atoms with Crippen molar-refractivity contribution in [3.63, 3.8) is 0 Å². The molecule has 0 bridgehead atoms. The minimum Gasteiger partial charge on any atom is -0.320 e. The number of hydrogen-bond acceptors (Lipinski definition) is 3. The summed E-state index contributed by atoms with van der Waals surface area (Å²) in [7, 11) is 0. The summed E-state index contributed by atoms with van der Waals surface area (Å²) in [6.07, 6.45) is 1.38. The van der Waals surface area contributed by atoms with Gasteiger partial charge >= 0.3 is 0 Å². The molecule has 1 amide bonds. The van der Waals surface area contributed by atoms with Gasteiger partial charge in [-0.1, -0.05) is 17.9 Å². The Bertz CT molecular complexity index is 698. The number of rotatable bonds is 2. The van der Waals surface area contributed by atoms with E-state index in [0.717, 1.165) is 12.1 Å². The average molecular weight is 287 g/mol. The molecule has 0 aliphatic rings. The number of halogens is 2. The third-order valence-corrected chi connectivity index (χ3v) is 2.53. The fourth-order valence-corrected chi connectivity index (χ4v) is 1.55. The lowest BCUT2D eigenvalue weighted by atomic mass is 10.2. The van der Waals surface area contributed by atoms with Crippen molar-refractivity contribution in [2.24, 2.45) is 5.73 Å². The molecular formula is C15H11F2N3O. The van der Waals surface area contributed by atoms with Crippen LogP contribution in [0.25, 0.3) is 0 Å². The van der Waals surface area contributed by atoms with Gasteiger partial charge in [-0.15, -0.1) is 0 Å². The zero-order chi connectivity index (χ0) is 15.2. The molecule has 0 radical (unpaired) electrons. The van der Waals surface area contributed by atoms with E-state index in [-0.39, 0.29) is 12.2 Å². The molecule has 2 rings (SSSR count). The molecule has 0 saturated heterocycles. The monoisotopic (exact) mass is 287 g/mol. The second kappa shape index (κ2) is 6.59. The molecule has 0 spiro atoms. The molecular weight excluding hydrogens is 276 g/mol. The molecule has 0 unspecified atom stereocenters. The fourth-order valence-electron chi connectivity index (χ4n) is 1.55. The number of nitrogens with one attached hydrogen (secondary N) is 1. The van der Waals surface area contributed by atoms with Gasteiger partial charge in [0.2, 0.25) is 0 Å². The highest BCUT2D eigenvalue weighted by Crippen LogP contribution is 2.18. The van der Waals surface area contributed by atoms with E-state index in [0.29, 0.717) is 5.56 Å². The lowest BCUT2D eigenvalue weighted by Crippen LogP contribution is -2.15. The van der Waals surface area contributed by atoms with Crippen LogP contribution in [0, 0.1) is 23.5 Å². The Hall–Kier alpha value is -2.78. The summed E-state index contributed by atoms with van der Waals surface area (Å²) in [5, 5.41) is 2.15. The molecule has 0 aliphatic heterocycles. The van der Waals surface area contributed by atoms with Gasteiger partial charge in [0.05, 0.1) is 6.54 Å². The highest BCUT2D eigenvalue weighted by Gasteiger charge is 2.14. The molecule has 0 fully saturated rings. The number of carbonyl (C=O) groups excluding carboxylic acids is 1. The maximum absolute atomic E-state index is 13.4. The van der Waals surface area contributed by atoms with Crippen molar-refractivity contribution in [3.05, 3.63) is 59.4 Å². The Kier molecular flexibility index (Phi) is 4.59. The number of aromatic nitrogens is 1. The van der Waals surface area contributed by atoms with E-state index in [2.05, 4.69) is 22.1 Å². The standard InChI is InChI=1S/C15H11F2N3O/c16-11-4-1-5-12(17)14(11)20-15(21)13-7-6-10(9-19-13)3-2-8-18/h1,4-7,9H,8,18H2,(H,20,21). The Balaban J connectivity index is 2.17. The first-order valence-corrected chi connectivity index (χ1v) is 6.02. The molecule has 1 aromatic heterocycles. The molecule has 0 atom stereocenters. The number of para-hydroxylation sites is 1. The molecule has 106 valence electrons. The van der Waals surface area contributed by atoms with E-state index in [1.165, 1.54) is 18.3 Å². The predicted molar refractivity (Wildman–Crippen MR) is 74.5 cm³/mol. The first-order chi connectivity index (χ1) is 10.1. The van der Waals surface area contributed by atoms with Crippen LogP contribution in [0.3, 0.4) is 0 Å². The second-order valence-electron chi connectivity index (χ2n) is 3.99. The number of pyridine rings is 1. The van der Waals surface area contributed by atoms with Crippen molar-refractivity contribution in [2.75, 3.05) is 11.9 Å². The summed E-state index contributed by atoms with van der Waals surface area (Å²) in [6.45, 7) is 0.217. The maximum Gasteiger partial charge on any atom is 0.274 e.